The average Bonchev–Trinajstić information content (AvgIpc) is 2.15. The maximum atomic E-state index is 12.3. The van der Waals surface area contributed by atoms with Gasteiger partial charge in [-0.05, 0) is 18.2 Å². The highest BCUT2D eigenvalue weighted by Gasteiger charge is 2.31. The number of ketones is 1. The number of halogens is 5. The van der Waals surface area contributed by atoms with E-state index in [1.54, 1.807) is 0 Å². The number of rotatable bonds is 2. The molecule has 0 radical (unpaired) electrons. The van der Waals surface area contributed by atoms with Crippen LogP contribution in [0.2, 0.25) is 0 Å². The summed E-state index contributed by atoms with van der Waals surface area (Å²) in [5, 5.41) is -0.00703. The molecular weight excluding hydrogens is 341 g/mol. The predicted octanol–water partition coefficient (Wildman–Crippen LogP) is 4.05. The molecule has 0 aliphatic heterocycles. The zero-order valence-electron chi connectivity index (χ0n) is 7.24. The molecule has 0 bridgehead atoms. The van der Waals surface area contributed by atoms with Crippen molar-refractivity contribution in [1.29, 1.82) is 0 Å². The highest BCUT2D eigenvalue weighted by molar-refractivity contribution is 9.10. The molecule has 0 aromatic heterocycles. The molecular formula is C9H5Br2F3O. The number of Topliss-reactive ketones (excluding diaryl/α,β-unsaturated/α-hetero) is 1. The van der Waals surface area contributed by atoms with E-state index in [1.807, 2.05) is 0 Å². The fourth-order valence-electron chi connectivity index (χ4n) is 0.987. The van der Waals surface area contributed by atoms with Crippen molar-refractivity contribution in [3.63, 3.8) is 0 Å². The van der Waals surface area contributed by atoms with Crippen LogP contribution in [0.25, 0.3) is 0 Å². The van der Waals surface area contributed by atoms with E-state index in [2.05, 4.69) is 31.9 Å². The van der Waals surface area contributed by atoms with Gasteiger partial charge in [0.15, 0.2) is 5.78 Å². The molecule has 6 heteroatoms. The van der Waals surface area contributed by atoms with Gasteiger partial charge in [0.1, 0.15) is 0 Å². The van der Waals surface area contributed by atoms with Gasteiger partial charge in [-0.1, -0.05) is 31.9 Å². The van der Waals surface area contributed by atoms with Crippen molar-refractivity contribution < 1.29 is 18.0 Å². The van der Waals surface area contributed by atoms with E-state index in [4.69, 9.17) is 0 Å². The summed E-state index contributed by atoms with van der Waals surface area (Å²) in [5.74, 6) is -0.395. The Kier molecular flexibility index (Phi) is 3.94. The lowest BCUT2D eigenvalue weighted by atomic mass is 10.1. The van der Waals surface area contributed by atoms with Crippen LogP contribution in [-0.4, -0.2) is 11.1 Å². The highest BCUT2D eigenvalue weighted by Crippen LogP contribution is 2.32. The third-order valence-electron chi connectivity index (χ3n) is 1.72. The van der Waals surface area contributed by atoms with Gasteiger partial charge in [0.05, 0.1) is 10.9 Å². The normalized spacial score (nSPS) is 11.5. The molecule has 0 spiro atoms. The van der Waals surface area contributed by atoms with Crippen LogP contribution < -0.4 is 0 Å². The smallest absolute Gasteiger partial charge is 0.293 e. The van der Waals surface area contributed by atoms with Gasteiger partial charge in [0.25, 0.3) is 0 Å². The fourth-order valence-corrected chi connectivity index (χ4v) is 1.76. The summed E-state index contributed by atoms with van der Waals surface area (Å²) in [5.41, 5.74) is -0.795. The van der Waals surface area contributed by atoms with Gasteiger partial charge in [-0.15, -0.1) is 0 Å². The second kappa shape index (κ2) is 4.65. The number of carbonyl (C=O) groups excluding carboxylic acids is 1. The molecule has 1 nitrogen and oxygen atoms in total. The Morgan fingerprint density at radius 2 is 1.93 bits per heavy atom. The summed E-state index contributed by atoms with van der Waals surface area (Å²) in [6, 6.07) is 2.99. The SMILES string of the molecule is O=C(CBr)c1cc(C(F)(F)F)ccc1Br. The van der Waals surface area contributed by atoms with Crippen molar-refractivity contribution in [3.8, 4) is 0 Å². The van der Waals surface area contributed by atoms with Gasteiger partial charge < -0.3 is 0 Å². The van der Waals surface area contributed by atoms with Crippen LogP contribution in [0.5, 0.6) is 0 Å². The lowest BCUT2D eigenvalue weighted by Crippen LogP contribution is -2.08. The van der Waals surface area contributed by atoms with Crippen LogP contribution in [0.3, 0.4) is 0 Å². The van der Waals surface area contributed by atoms with Crippen molar-refractivity contribution in [3.05, 3.63) is 33.8 Å². The summed E-state index contributed by atoms with van der Waals surface area (Å²) in [6.07, 6.45) is -4.43. The van der Waals surface area contributed by atoms with Crippen molar-refractivity contribution in [2.75, 3.05) is 5.33 Å². The molecule has 1 rings (SSSR count). The van der Waals surface area contributed by atoms with E-state index >= 15 is 0 Å². The molecule has 1 aromatic rings. The van der Waals surface area contributed by atoms with Gasteiger partial charge >= 0.3 is 6.18 Å². The van der Waals surface area contributed by atoms with Gasteiger partial charge in [-0.3, -0.25) is 4.79 Å². The monoisotopic (exact) mass is 344 g/mol. The number of alkyl halides is 4. The van der Waals surface area contributed by atoms with Gasteiger partial charge in [0, 0.05) is 10.0 Å². The lowest BCUT2D eigenvalue weighted by molar-refractivity contribution is -0.137. The molecule has 0 heterocycles. The first-order valence-electron chi connectivity index (χ1n) is 3.82. The molecule has 0 unspecified atom stereocenters. The van der Waals surface area contributed by atoms with Crippen molar-refractivity contribution in [2.24, 2.45) is 0 Å². The number of hydrogen-bond donors (Lipinski definition) is 0. The predicted molar refractivity (Wildman–Crippen MR) is 57.3 cm³/mol. The molecule has 82 valence electrons. The second-order valence-corrected chi connectivity index (χ2v) is 4.16. The molecule has 15 heavy (non-hydrogen) atoms. The number of carbonyl (C=O) groups is 1. The van der Waals surface area contributed by atoms with Gasteiger partial charge in [-0.2, -0.15) is 13.2 Å². The minimum atomic E-state index is -4.43. The third kappa shape index (κ3) is 3.04. The van der Waals surface area contributed by atoms with Crippen LogP contribution in [0.4, 0.5) is 13.2 Å². The first-order valence-corrected chi connectivity index (χ1v) is 5.73. The van der Waals surface area contributed by atoms with E-state index in [-0.39, 0.29) is 10.9 Å². The molecule has 0 atom stereocenters. The average molecular weight is 346 g/mol. The third-order valence-corrected chi connectivity index (χ3v) is 2.92. The Morgan fingerprint density at radius 1 is 1.33 bits per heavy atom. The standard InChI is InChI=1S/C9H5Br2F3O/c10-4-8(15)6-3-5(9(12,13)14)1-2-7(6)11/h1-3H,4H2. The maximum absolute atomic E-state index is 12.3. The highest BCUT2D eigenvalue weighted by atomic mass is 79.9. The number of benzene rings is 1. The Labute approximate surface area is 101 Å². The van der Waals surface area contributed by atoms with Crippen LogP contribution >= 0.6 is 31.9 Å². The maximum Gasteiger partial charge on any atom is 0.416 e. The lowest BCUT2D eigenvalue weighted by Gasteiger charge is -2.09. The summed E-state index contributed by atoms with van der Waals surface area (Å²) in [4.78, 5) is 11.3. The van der Waals surface area contributed by atoms with Crippen molar-refractivity contribution >= 4 is 37.6 Å². The van der Waals surface area contributed by atoms with Crippen LogP contribution in [-0.2, 0) is 6.18 Å². The Morgan fingerprint density at radius 3 is 2.40 bits per heavy atom. The Balaban J connectivity index is 3.23. The first-order chi connectivity index (χ1) is 6.86. The molecule has 0 N–H and O–H groups in total. The molecule has 1 aromatic carbocycles. The quantitative estimate of drug-likeness (QED) is 0.584. The van der Waals surface area contributed by atoms with Gasteiger partial charge in [0.2, 0.25) is 0 Å². The summed E-state index contributed by atoms with van der Waals surface area (Å²) in [7, 11) is 0. The number of hydrogen-bond acceptors (Lipinski definition) is 1. The Bertz CT molecular complexity index is 387. The molecule has 0 fully saturated rings. The second-order valence-electron chi connectivity index (χ2n) is 2.75. The minimum Gasteiger partial charge on any atom is -0.293 e. The van der Waals surface area contributed by atoms with Crippen LogP contribution in [0, 0.1) is 0 Å². The minimum absolute atomic E-state index is 0.00703. The fraction of sp³-hybridized carbons (Fsp3) is 0.222. The molecule has 0 saturated heterocycles. The topological polar surface area (TPSA) is 17.1 Å². The molecule has 0 aliphatic carbocycles. The van der Waals surface area contributed by atoms with E-state index < -0.39 is 17.5 Å². The van der Waals surface area contributed by atoms with Gasteiger partial charge in [-0.25, -0.2) is 0 Å². The van der Waals surface area contributed by atoms with E-state index in [0.717, 1.165) is 12.1 Å². The summed E-state index contributed by atoms with van der Waals surface area (Å²) < 4.78 is 37.3. The Hall–Kier alpha value is -0.360. The molecule has 0 aliphatic rings. The van der Waals surface area contributed by atoms with Crippen molar-refractivity contribution in [1.82, 2.24) is 0 Å². The zero-order chi connectivity index (χ0) is 11.6. The molecule has 0 amide bonds. The molecule has 0 saturated carbocycles. The first kappa shape index (κ1) is 12.7. The summed E-state index contributed by atoms with van der Waals surface area (Å²) >= 11 is 5.94. The van der Waals surface area contributed by atoms with Crippen molar-refractivity contribution in [2.45, 2.75) is 6.18 Å². The zero-order valence-corrected chi connectivity index (χ0v) is 10.4. The summed E-state index contributed by atoms with van der Waals surface area (Å²) in [6.45, 7) is 0. The van der Waals surface area contributed by atoms with Crippen LogP contribution in [0.1, 0.15) is 15.9 Å². The largest absolute Gasteiger partial charge is 0.416 e. The van der Waals surface area contributed by atoms with E-state index in [1.165, 1.54) is 6.07 Å². The van der Waals surface area contributed by atoms with E-state index in [0.29, 0.717) is 4.47 Å². The van der Waals surface area contributed by atoms with Crippen LogP contribution in [0.15, 0.2) is 22.7 Å². The van der Waals surface area contributed by atoms with E-state index in [9.17, 15) is 18.0 Å².